The zero-order chi connectivity index (χ0) is 14.3. The maximum Gasteiger partial charge on any atom is 0.234 e. The van der Waals surface area contributed by atoms with Crippen LogP contribution in [0.4, 0.5) is 5.69 Å². The Balaban J connectivity index is 1.83. The standard InChI is InChI=1S/C14H17N3O2S/c1-8-16-10-4-3-9(5-11(10)20-8)17-13(18)14(2)7-19-6-12(14)15/h3-5,12H,6-7,15H2,1-2H3,(H,17,18). The largest absolute Gasteiger partial charge is 0.379 e. The SMILES string of the molecule is Cc1nc2ccc(NC(=O)C3(C)COCC3N)cc2s1. The van der Waals surface area contributed by atoms with Gasteiger partial charge in [-0.15, -0.1) is 11.3 Å². The molecule has 0 bridgehead atoms. The average molecular weight is 291 g/mol. The van der Waals surface area contributed by atoms with Crippen LogP contribution in [0.1, 0.15) is 11.9 Å². The number of amides is 1. The van der Waals surface area contributed by atoms with Crippen LogP contribution in [-0.2, 0) is 9.53 Å². The minimum atomic E-state index is -0.668. The number of ether oxygens (including phenoxy) is 1. The van der Waals surface area contributed by atoms with E-state index in [0.717, 1.165) is 20.9 Å². The zero-order valence-corrected chi connectivity index (χ0v) is 12.3. The van der Waals surface area contributed by atoms with Gasteiger partial charge in [-0.2, -0.15) is 0 Å². The highest BCUT2D eigenvalue weighted by Gasteiger charge is 2.44. The number of nitrogens with zero attached hydrogens (tertiary/aromatic N) is 1. The summed E-state index contributed by atoms with van der Waals surface area (Å²) >= 11 is 1.61. The average Bonchev–Trinajstić information content (AvgIpc) is 2.92. The summed E-state index contributed by atoms with van der Waals surface area (Å²) in [5.74, 6) is -0.0944. The summed E-state index contributed by atoms with van der Waals surface area (Å²) in [6.45, 7) is 4.60. The van der Waals surface area contributed by atoms with E-state index < -0.39 is 5.41 Å². The molecule has 2 atom stereocenters. The van der Waals surface area contributed by atoms with Crippen molar-refractivity contribution >= 4 is 33.1 Å². The third-order valence-corrected chi connectivity index (χ3v) is 4.72. The maximum absolute atomic E-state index is 12.4. The molecule has 0 radical (unpaired) electrons. The van der Waals surface area contributed by atoms with Gasteiger partial charge in [0.05, 0.1) is 33.9 Å². The molecule has 1 aromatic heterocycles. The number of hydrogen-bond acceptors (Lipinski definition) is 5. The van der Waals surface area contributed by atoms with E-state index in [1.807, 2.05) is 32.0 Å². The number of thiazole rings is 1. The fraction of sp³-hybridized carbons (Fsp3) is 0.429. The van der Waals surface area contributed by atoms with Crippen LogP contribution >= 0.6 is 11.3 Å². The third-order valence-electron chi connectivity index (χ3n) is 3.79. The van der Waals surface area contributed by atoms with Crippen molar-refractivity contribution in [1.82, 2.24) is 4.98 Å². The molecule has 1 aromatic carbocycles. The summed E-state index contributed by atoms with van der Waals surface area (Å²) in [6, 6.07) is 5.46. The van der Waals surface area contributed by atoms with E-state index in [0.29, 0.717) is 13.2 Å². The Hall–Kier alpha value is -1.50. The number of rotatable bonds is 2. The first kappa shape index (κ1) is 13.5. The molecule has 5 nitrogen and oxygen atoms in total. The fourth-order valence-electron chi connectivity index (χ4n) is 2.31. The smallest absolute Gasteiger partial charge is 0.234 e. The van der Waals surface area contributed by atoms with Crippen molar-refractivity contribution in [2.45, 2.75) is 19.9 Å². The van der Waals surface area contributed by atoms with E-state index in [1.54, 1.807) is 11.3 Å². The highest BCUT2D eigenvalue weighted by molar-refractivity contribution is 7.18. The first-order chi connectivity index (χ1) is 9.49. The second-order valence-electron chi connectivity index (χ2n) is 5.41. The molecule has 0 aliphatic carbocycles. The molecular formula is C14H17N3O2S. The third kappa shape index (κ3) is 2.19. The number of benzene rings is 1. The Labute approximate surface area is 121 Å². The molecule has 1 fully saturated rings. The van der Waals surface area contributed by atoms with E-state index >= 15 is 0 Å². The Bertz CT molecular complexity index is 669. The lowest BCUT2D eigenvalue weighted by molar-refractivity contribution is -0.125. The topological polar surface area (TPSA) is 77.2 Å². The molecule has 2 aromatic rings. The van der Waals surface area contributed by atoms with Crippen molar-refractivity contribution in [2.75, 3.05) is 18.5 Å². The fourth-order valence-corrected chi connectivity index (χ4v) is 3.18. The van der Waals surface area contributed by atoms with Gasteiger partial charge in [0.2, 0.25) is 5.91 Å². The predicted octanol–water partition coefficient (Wildman–Crippen LogP) is 1.91. The highest BCUT2D eigenvalue weighted by atomic mass is 32.1. The van der Waals surface area contributed by atoms with E-state index in [1.165, 1.54) is 0 Å². The van der Waals surface area contributed by atoms with Gasteiger partial charge in [-0.25, -0.2) is 4.98 Å². The van der Waals surface area contributed by atoms with E-state index in [4.69, 9.17) is 10.5 Å². The van der Waals surface area contributed by atoms with E-state index in [9.17, 15) is 4.79 Å². The number of hydrogen-bond donors (Lipinski definition) is 2. The van der Waals surface area contributed by atoms with Crippen molar-refractivity contribution in [3.05, 3.63) is 23.2 Å². The molecule has 1 amide bonds. The normalized spacial score (nSPS) is 26.1. The molecular weight excluding hydrogens is 274 g/mol. The summed E-state index contributed by atoms with van der Waals surface area (Å²) in [4.78, 5) is 16.8. The number of carbonyl (C=O) groups excluding carboxylic acids is 1. The molecule has 0 spiro atoms. The molecule has 106 valence electrons. The van der Waals surface area contributed by atoms with Gasteiger partial charge in [-0.3, -0.25) is 4.79 Å². The highest BCUT2D eigenvalue weighted by Crippen LogP contribution is 2.30. The molecule has 3 rings (SSSR count). The van der Waals surface area contributed by atoms with Gasteiger partial charge in [0.25, 0.3) is 0 Å². The van der Waals surface area contributed by atoms with E-state index in [2.05, 4.69) is 10.3 Å². The number of nitrogens with one attached hydrogen (secondary N) is 1. The Morgan fingerprint density at radius 2 is 2.40 bits per heavy atom. The van der Waals surface area contributed by atoms with Crippen molar-refractivity contribution < 1.29 is 9.53 Å². The summed E-state index contributed by atoms with van der Waals surface area (Å²) < 4.78 is 6.38. The summed E-state index contributed by atoms with van der Waals surface area (Å²) in [5, 5.41) is 3.95. The lowest BCUT2D eigenvalue weighted by atomic mass is 9.85. The predicted molar refractivity (Wildman–Crippen MR) is 79.9 cm³/mol. The zero-order valence-electron chi connectivity index (χ0n) is 11.5. The quantitative estimate of drug-likeness (QED) is 0.886. The van der Waals surface area contributed by atoms with Gasteiger partial charge < -0.3 is 15.8 Å². The molecule has 2 heterocycles. The van der Waals surface area contributed by atoms with Gasteiger partial charge in [0.15, 0.2) is 0 Å². The number of aryl methyl sites for hydroxylation is 1. The van der Waals surface area contributed by atoms with Gasteiger partial charge in [-0.05, 0) is 32.0 Å². The summed E-state index contributed by atoms with van der Waals surface area (Å²) in [7, 11) is 0. The van der Waals surface area contributed by atoms with Crippen LogP contribution in [0.5, 0.6) is 0 Å². The number of aromatic nitrogens is 1. The van der Waals surface area contributed by atoms with Crippen LogP contribution in [0.15, 0.2) is 18.2 Å². The van der Waals surface area contributed by atoms with Gasteiger partial charge in [0, 0.05) is 11.7 Å². The molecule has 3 N–H and O–H groups in total. The van der Waals surface area contributed by atoms with E-state index in [-0.39, 0.29) is 11.9 Å². The van der Waals surface area contributed by atoms with Crippen LogP contribution in [0.3, 0.4) is 0 Å². The lowest BCUT2D eigenvalue weighted by Gasteiger charge is -2.25. The van der Waals surface area contributed by atoms with Crippen LogP contribution < -0.4 is 11.1 Å². The lowest BCUT2D eigenvalue weighted by Crippen LogP contribution is -2.47. The molecule has 1 aliphatic rings. The summed E-state index contributed by atoms with van der Waals surface area (Å²) in [5.41, 5.74) is 7.03. The van der Waals surface area contributed by atoms with Crippen molar-refractivity contribution in [2.24, 2.45) is 11.1 Å². The maximum atomic E-state index is 12.4. The first-order valence-corrected chi connectivity index (χ1v) is 7.33. The molecule has 6 heteroatoms. The molecule has 1 saturated heterocycles. The first-order valence-electron chi connectivity index (χ1n) is 6.51. The summed E-state index contributed by atoms with van der Waals surface area (Å²) in [6.07, 6.45) is 0. The van der Waals surface area contributed by atoms with Crippen molar-refractivity contribution in [3.8, 4) is 0 Å². The second kappa shape index (κ2) is 4.80. The number of nitrogens with two attached hydrogens (primary N) is 1. The minimum absolute atomic E-state index is 0.0944. The van der Waals surface area contributed by atoms with Crippen LogP contribution in [-0.4, -0.2) is 30.1 Å². The van der Waals surface area contributed by atoms with Gasteiger partial charge in [0.1, 0.15) is 0 Å². The number of anilines is 1. The number of fused-ring (bicyclic) bond motifs is 1. The minimum Gasteiger partial charge on any atom is -0.379 e. The molecule has 1 aliphatic heterocycles. The van der Waals surface area contributed by atoms with Crippen molar-refractivity contribution in [1.29, 1.82) is 0 Å². The Morgan fingerprint density at radius 1 is 1.60 bits per heavy atom. The monoisotopic (exact) mass is 291 g/mol. The van der Waals surface area contributed by atoms with Crippen LogP contribution in [0, 0.1) is 12.3 Å². The van der Waals surface area contributed by atoms with Crippen LogP contribution in [0.25, 0.3) is 10.2 Å². The Morgan fingerprint density at radius 3 is 3.10 bits per heavy atom. The Kier molecular flexibility index (Phi) is 3.24. The molecule has 2 unspecified atom stereocenters. The van der Waals surface area contributed by atoms with Crippen LogP contribution in [0.2, 0.25) is 0 Å². The van der Waals surface area contributed by atoms with Gasteiger partial charge in [-0.1, -0.05) is 0 Å². The number of carbonyl (C=O) groups is 1. The second-order valence-corrected chi connectivity index (χ2v) is 6.64. The molecule has 0 saturated carbocycles. The van der Waals surface area contributed by atoms with Gasteiger partial charge >= 0.3 is 0 Å². The van der Waals surface area contributed by atoms with Crippen molar-refractivity contribution in [3.63, 3.8) is 0 Å². The molecule has 20 heavy (non-hydrogen) atoms.